The maximum Gasteiger partial charge on any atom is 0.412 e. The Morgan fingerprint density at radius 1 is 1.12 bits per heavy atom. The number of ether oxygens (including phenoxy) is 1. The number of anilines is 1. The molecule has 0 saturated heterocycles. The van der Waals surface area contributed by atoms with Crippen molar-refractivity contribution in [2.45, 2.75) is 6.61 Å². The summed E-state index contributed by atoms with van der Waals surface area (Å²) in [5.74, 6) is -1.84. The van der Waals surface area contributed by atoms with Crippen molar-refractivity contribution in [1.82, 2.24) is 0 Å². The zero-order chi connectivity index (χ0) is 17.1. The molecule has 0 radical (unpaired) electrons. The van der Waals surface area contributed by atoms with Crippen molar-refractivity contribution in [3.05, 3.63) is 64.8 Å². The van der Waals surface area contributed by atoms with E-state index in [2.05, 4.69) is 5.32 Å². The number of carbonyl (C=O) groups is 2. The molecule has 0 atom stereocenters. The van der Waals surface area contributed by atoms with E-state index in [1.807, 2.05) is 6.07 Å². The fourth-order valence-corrected chi connectivity index (χ4v) is 3.25. The first-order valence-corrected chi connectivity index (χ1v) is 7.80. The number of amides is 1. The van der Waals surface area contributed by atoms with Crippen LogP contribution in [0.15, 0.2) is 48.5 Å². The van der Waals surface area contributed by atoms with Crippen LogP contribution in [0, 0.1) is 5.82 Å². The summed E-state index contributed by atoms with van der Waals surface area (Å²) in [6, 6.07) is 13.3. The van der Waals surface area contributed by atoms with Gasteiger partial charge in [0, 0.05) is 4.70 Å². The molecule has 0 saturated carbocycles. The topological polar surface area (TPSA) is 75.6 Å². The Kier molecular flexibility index (Phi) is 4.43. The molecule has 0 unspecified atom stereocenters. The van der Waals surface area contributed by atoms with Gasteiger partial charge in [0.1, 0.15) is 17.3 Å². The highest BCUT2D eigenvalue weighted by Gasteiger charge is 2.22. The highest BCUT2D eigenvalue weighted by Crippen LogP contribution is 2.37. The SMILES string of the molecule is O=C(Nc1c(C(=O)O)sc2cccc(F)c12)OCc1ccccc1. The number of nitrogens with one attached hydrogen (secondary N) is 1. The highest BCUT2D eigenvalue weighted by atomic mass is 32.1. The lowest BCUT2D eigenvalue weighted by molar-refractivity contribution is 0.0703. The molecular formula is C17H12FNO4S. The molecule has 0 bridgehead atoms. The molecule has 1 amide bonds. The summed E-state index contributed by atoms with van der Waals surface area (Å²) < 4.78 is 19.5. The highest BCUT2D eigenvalue weighted by molar-refractivity contribution is 7.21. The quantitative estimate of drug-likeness (QED) is 0.731. The molecule has 1 aromatic heterocycles. The van der Waals surface area contributed by atoms with Gasteiger partial charge in [0.25, 0.3) is 0 Å². The van der Waals surface area contributed by atoms with E-state index >= 15 is 0 Å². The predicted molar refractivity (Wildman–Crippen MR) is 89.0 cm³/mol. The average Bonchev–Trinajstić information content (AvgIpc) is 2.94. The lowest BCUT2D eigenvalue weighted by atomic mass is 10.2. The molecule has 7 heteroatoms. The smallest absolute Gasteiger partial charge is 0.412 e. The summed E-state index contributed by atoms with van der Waals surface area (Å²) in [5, 5.41) is 11.7. The van der Waals surface area contributed by atoms with Crippen LogP contribution in [0.25, 0.3) is 10.1 Å². The summed E-state index contributed by atoms with van der Waals surface area (Å²) in [5.41, 5.74) is 0.700. The Morgan fingerprint density at radius 3 is 2.58 bits per heavy atom. The lowest BCUT2D eigenvalue weighted by Gasteiger charge is -2.08. The number of rotatable bonds is 4. The predicted octanol–water partition coefficient (Wildman–Crippen LogP) is 4.49. The Labute approximate surface area is 140 Å². The number of carboxylic acid groups (broad SMARTS) is 1. The third-order valence-electron chi connectivity index (χ3n) is 3.30. The number of hydrogen-bond acceptors (Lipinski definition) is 4. The van der Waals surface area contributed by atoms with Crippen molar-refractivity contribution in [3.63, 3.8) is 0 Å². The first kappa shape index (κ1) is 15.9. The third-order valence-corrected chi connectivity index (χ3v) is 4.44. The number of hydrogen-bond donors (Lipinski definition) is 2. The minimum atomic E-state index is -1.24. The number of aromatic carboxylic acids is 1. The van der Waals surface area contributed by atoms with Crippen molar-refractivity contribution < 1.29 is 23.8 Å². The lowest BCUT2D eigenvalue weighted by Crippen LogP contribution is -2.15. The molecular weight excluding hydrogens is 333 g/mol. The van der Waals surface area contributed by atoms with Gasteiger partial charge in [-0.05, 0) is 17.7 Å². The first-order chi connectivity index (χ1) is 11.6. The second-order valence-electron chi connectivity index (χ2n) is 4.91. The Balaban J connectivity index is 1.84. The van der Waals surface area contributed by atoms with Crippen LogP contribution in [0.4, 0.5) is 14.9 Å². The molecule has 0 aliphatic heterocycles. The van der Waals surface area contributed by atoms with Crippen LogP contribution in [0.5, 0.6) is 0 Å². The number of carbonyl (C=O) groups excluding carboxylic acids is 1. The first-order valence-electron chi connectivity index (χ1n) is 6.98. The molecule has 5 nitrogen and oxygen atoms in total. The van der Waals surface area contributed by atoms with Crippen molar-refractivity contribution in [3.8, 4) is 0 Å². The Hall–Kier alpha value is -2.93. The van der Waals surface area contributed by atoms with Gasteiger partial charge in [-0.3, -0.25) is 5.32 Å². The summed E-state index contributed by atoms with van der Waals surface area (Å²) in [4.78, 5) is 23.2. The molecule has 0 spiro atoms. The van der Waals surface area contributed by atoms with Gasteiger partial charge >= 0.3 is 12.1 Å². The molecule has 0 aliphatic rings. The zero-order valence-corrected chi connectivity index (χ0v) is 13.1. The summed E-state index contributed by atoms with van der Waals surface area (Å²) >= 11 is 0.893. The second kappa shape index (κ2) is 6.67. The second-order valence-corrected chi connectivity index (χ2v) is 5.96. The van der Waals surface area contributed by atoms with Gasteiger partial charge in [0.05, 0.1) is 11.1 Å². The maximum absolute atomic E-state index is 14.0. The van der Waals surface area contributed by atoms with Crippen molar-refractivity contribution in [2.24, 2.45) is 0 Å². The van der Waals surface area contributed by atoms with Crippen molar-refractivity contribution in [2.75, 3.05) is 5.32 Å². The molecule has 1 heterocycles. The van der Waals surface area contributed by atoms with E-state index in [1.165, 1.54) is 12.1 Å². The van der Waals surface area contributed by atoms with Gasteiger partial charge in [-0.15, -0.1) is 11.3 Å². The van der Waals surface area contributed by atoms with E-state index in [4.69, 9.17) is 4.74 Å². The molecule has 122 valence electrons. The molecule has 0 fully saturated rings. The number of thiophene rings is 1. The van der Waals surface area contributed by atoms with Crippen LogP contribution in [0.2, 0.25) is 0 Å². The normalized spacial score (nSPS) is 10.5. The van der Waals surface area contributed by atoms with Crippen LogP contribution >= 0.6 is 11.3 Å². The number of fused-ring (bicyclic) bond motifs is 1. The van der Waals surface area contributed by atoms with Gasteiger partial charge in [0.2, 0.25) is 0 Å². The zero-order valence-electron chi connectivity index (χ0n) is 12.3. The van der Waals surface area contributed by atoms with Crippen LogP contribution in [-0.4, -0.2) is 17.2 Å². The van der Waals surface area contributed by atoms with E-state index in [-0.39, 0.29) is 22.6 Å². The van der Waals surface area contributed by atoms with Crippen LogP contribution in [0.1, 0.15) is 15.2 Å². The van der Waals surface area contributed by atoms with E-state index in [1.54, 1.807) is 30.3 Å². The minimum Gasteiger partial charge on any atom is -0.477 e. The van der Waals surface area contributed by atoms with E-state index < -0.39 is 17.9 Å². The van der Waals surface area contributed by atoms with Crippen molar-refractivity contribution in [1.29, 1.82) is 0 Å². The average molecular weight is 345 g/mol. The number of halogens is 1. The van der Waals surface area contributed by atoms with Gasteiger partial charge in [0.15, 0.2) is 0 Å². The van der Waals surface area contributed by atoms with Gasteiger partial charge < -0.3 is 9.84 Å². The summed E-state index contributed by atoms with van der Waals surface area (Å²) in [7, 11) is 0. The molecule has 3 aromatic rings. The maximum atomic E-state index is 14.0. The monoisotopic (exact) mass is 345 g/mol. The van der Waals surface area contributed by atoms with Gasteiger partial charge in [-0.1, -0.05) is 36.4 Å². The van der Waals surface area contributed by atoms with Crippen LogP contribution in [0.3, 0.4) is 0 Å². The number of carboxylic acids is 1. The van der Waals surface area contributed by atoms with Gasteiger partial charge in [-0.25, -0.2) is 14.0 Å². The van der Waals surface area contributed by atoms with Crippen LogP contribution < -0.4 is 5.32 Å². The third kappa shape index (κ3) is 3.21. The summed E-state index contributed by atoms with van der Waals surface area (Å²) in [6.07, 6.45) is -0.843. The molecule has 3 rings (SSSR count). The molecule has 2 aromatic carbocycles. The Morgan fingerprint density at radius 2 is 1.88 bits per heavy atom. The number of benzene rings is 2. The molecule has 0 aliphatic carbocycles. The van der Waals surface area contributed by atoms with E-state index in [0.717, 1.165) is 16.9 Å². The fourth-order valence-electron chi connectivity index (χ4n) is 2.24. The molecule has 24 heavy (non-hydrogen) atoms. The minimum absolute atomic E-state index is 0.0274. The van der Waals surface area contributed by atoms with Crippen molar-refractivity contribution >= 4 is 39.2 Å². The fraction of sp³-hybridized carbons (Fsp3) is 0.0588. The summed E-state index contributed by atoms with van der Waals surface area (Å²) in [6.45, 7) is 0.0274. The van der Waals surface area contributed by atoms with Gasteiger partial charge in [-0.2, -0.15) is 0 Å². The largest absolute Gasteiger partial charge is 0.477 e. The standard InChI is InChI=1S/C17H12FNO4S/c18-11-7-4-8-12-13(11)14(15(24-12)16(20)21)19-17(22)23-9-10-5-2-1-3-6-10/h1-8H,9H2,(H,19,22)(H,20,21). The van der Waals surface area contributed by atoms with Crippen LogP contribution in [-0.2, 0) is 11.3 Å². The Bertz CT molecular complexity index is 908. The van der Waals surface area contributed by atoms with E-state index in [9.17, 15) is 19.1 Å². The van der Waals surface area contributed by atoms with E-state index in [0.29, 0.717) is 4.70 Å². The molecule has 2 N–H and O–H groups in total.